The third kappa shape index (κ3) is 4.26. The minimum absolute atomic E-state index is 0.0733. The number of amides is 1. The van der Waals surface area contributed by atoms with E-state index in [0.717, 1.165) is 6.20 Å². The number of nitrogens with one attached hydrogen (secondary N) is 1. The van der Waals surface area contributed by atoms with Gasteiger partial charge in [0, 0.05) is 28.9 Å². The zero-order valence-corrected chi connectivity index (χ0v) is 19.7. The molecule has 5 rings (SSSR count). The molecular formula is C23H18Cl2F3N5O2. The first-order valence-corrected chi connectivity index (χ1v) is 11.3. The van der Waals surface area contributed by atoms with Gasteiger partial charge in [-0.05, 0) is 37.5 Å². The van der Waals surface area contributed by atoms with Crippen molar-refractivity contribution in [2.45, 2.75) is 37.7 Å². The van der Waals surface area contributed by atoms with Gasteiger partial charge in [0.15, 0.2) is 0 Å². The highest BCUT2D eigenvalue weighted by Gasteiger charge is 2.39. The van der Waals surface area contributed by atoms with Crippen molar-refractivity contribution in [2.75, 3.05) is 0 Å². The fourth-order valence-corrected chi connectivity index (χ4v) is 4.89. The third-order valence-corrected chi connectivity index (χ3v) is 6.69. The second-order valence-electron chi connectivity index (χ2n) is 8.74. The van der Waals surface area contributed by atoms with Crippen molar-refractivity contribution in [2.24, 2.45) is 0 Å². The van der Waals surface area contributed by atoms with Crippen LogP contribution in [0.2, 0.25) is 10.3 Å². The Morgan fingerprint density at radius 1 is 1.14 bits per heavy atom. The van der Waals surface area contributed by atoms with Gasteiger partial charge < -0.3 is 10.4 Å². The van der Waals surface area contributed by atoms with Crippen molar-refractivity contribution in [3.8, 4) is 22.4 Å². The Morgan fingerprint density at radius 2 is 1.83 bits per heavy atom. The molecule has 0 spiro atoms. The molecule has 182 valence electrons. The zero-order chi connectivity index (χ0) is 25.1. The highest BCUT2D eigenvalue weighted by atomic mass is 35.5. The Labute approximate surface area is 207 Å². The second kappa shape index (κ2) is 8.25. The summed E-state index contributed by atoms with van der Waals surface area (Å²) in [4.78, 5) is 17.2. The summed E-state index contributed by atoms with van der Waals surface area (Å²) < 4.78 is 40.9. The number of imidazole rings is 1. The standard InChI is InChI=1S/C23H18Cl2F3N5O2/c1-22(35)9-13(10-22)30-21(34)12-6-7-32-17(8-12)31-18(20(32)25)15-5-3-2-4-14(15)16-11-29-33(19(16)24)23(26,27)28/h2-8,11,13,35H,9-10H2,1H3,(H,30,34). The number of aliphatic hydroxyl groups is 1. The molecule has 1 aliphatic rings. The molecule has 0 atom stereocenters. The van der Waals surface area contributed by atoms with Crippen LogP contribution in [0.5, 0.6) is 0 Å². The Kier molecular flexibility index (Phi) is 5.58. The Morgan fingerprint density at radius 3 is 2.46 bits per heavy atom. The third-order valence-electron chi connectivity index (χ3n) is 5.96. The number of hydrogen-bond acceptors (Lipinski definition) is 4. The van der Waals surface area contributed by atoms with Crippen LogP contribution >= 0.6 is 23.2 Å². The van der Waals surface area contributed by atoms with Gasteiger partial charge in [0.25, 0.3) is 5.91 Å². The van der Waals surface area contributed by atoms with Gasteiger partial charge in [-0.15, -0.1) is 13.2 Å². The van der Waals surface area contributed by atoms with E-state index in [1.54, 1.807) is 53.9 Å². The summed E-state index contributed by atoms with van der Waals surface area (Å²) in [7, 11) is 0. The van der Waals surface area contributed by atoms with Crippen LogP contribution in [0.15, 0.2) is 48.8 Å². The molecule has 0 radical (unpaired) electrons. The quantitative estimate of drug-likeness (QED) is 0.380. The lowest BCUT2D eigenvalue weighted by molar-refractivity contribution is -0.212. The number of benzene rings is 1. The number of alkyl halides is 3. The van der Waals surface area contributed by atoms with E-state index in [4.69, 9.17) is 23.2 Å². The smallest absolute Gasteiger partial charge is 0.390 e. The van der Waals surface area contributed by atoms with Crippen LogP contribution < -0.4 is 5.32 Å². The first-order chi connectivity index (χ1) is 16.4. The van der Waals surface area contributed by atoms with E-state index in [-0.39, 0.29) is 27.3 Å². The molecule has 3 heterocycles. The molecule has 0 bridgehead atoms. The maximum atomic E-state index is 13.2. The van der Waals surface area contributed by atoms with Gasteiger partial charge in [-0.3, -0.25) is 9.20 Å². The maximum absolute atomic E-state index is 13.2. The molecule has 1 aliphatic carbocycles. The molecule has 0 unspecified atom stereocenters. The van der Waals surface area contributed by atoms with Crippen LogP contribution in [0, 0.1) is 0 Å². The summed E-state index contributed by atoms with van der Waals surface area (Å²) in [6, 6.07) is 9.68. The average Bonchev–Trinajstić information content (AvgIpc) is 3.32. The van der Waals surface area contributed by atoms with E-state index in [2.05, 4.69) is 15.4 Å². The minimum atomic E-state index is -4.77. The lowest BCUT2D eigenvalue weighted by Crippen LogP contribution is -2.53. The SMILES string of the molecule is CC1(O)CC(NC(=O)c2ccn3c(Cl)c(-c4ccccc4-c4cnn(C(F)(F)F)c4Cl)nc3c2)C1. The lowest BCUT2D eigenvalue weighted by Gasteiger charge is -2.41. The normalized spacial score (nSPS) is 20.1. The topological polar surface area (TPSA) is 84.5 Å². The van der Waals surface area contributed by atoms with Crippen molar-refractivity contribution in [3.63, 3.8) is 0 Å². The predicted molar refractivity (Wildman–Crippen MR) is 124 cm³/mol. The van der Waals surface area contributed by atoms with E-state index in [0.29, 0.717) is 40.9 Å². The monoisotopic (exact) mass is 523 g/mol. The Hall–Kier alpha value is -3.08. The van der Waals surface area contributed by atoms with E-state index >= 15 is 0 Å². The van der Waals surface area contributed by atoms with E-state index in [1.165, 1.54) is 0 Å². The van der Waals surface area contributed by atoms with Gasteiger partial charge in [0.05, 0.1) is 11.8 Å². The number of carbonyl (C=O) groups excluding carboxylic acids is 1. The fourth-order valence-electron chi connectivity index (χ4n) is 4.32. The highest BCUT2D eigenvalue weighted by molar-refractivity contribution is 6.33. The summed E-state index contributed by atoms with van der Waals surface area (Å²) in [6.45, 7) is 1.72. The molecule has 3 aromatic heterocycles. The summed E-state index contributed by atoms with van der Waals surface area (Å²) in [5, 5.41) is 15.7. The van der Waals surface area contributed by atoms with Crippen LogP contribution in [-0.4, -0.2) is 41.8 Å². The number of pyridine rings is 1. The fraction of sp³-hybridized carbons (Fsp3) is 0.261. The van der Waals surface area contributed by atoms with E-state index in [1.807, 2.05) is 0 Å². The highest BCUT2D eigenvalue weighted by Crippen LogP contribution is 2.40. The summed E-state index contributed by atoms with van der Waals surface area (Å²) in [5.41, 5.74) is 1.18. The van der Waals surface area contributed by atoms with Crippen LogP contribution in [0.4, 0.5) is 13.2 Å². The number of aromatic nitrogens is 4. The van der Waals surface area contributed by atoms with Gasteiger partial charge in [0.2, 0.25) is 0 Å². The molecule has 1 fully saturated rings. The van der Waals surface area contributed by atoms with Crippen LogP contribution in [-0.2, 0) is 6.30 Å². The van der Waals surface area contributed by atoms with Crippen molar-refractivity contribution in [1.82, 2.24) is 24.5 Å². The number of carbonyl (C=O) groups is 1. The molecule has 1 aromatic carbocycles. The van der Waals surface area contributed by atoms with Crippen LogP contribution in [0.25, 0.3) is 28.0 Å². The van der Waals surface area contributed by atoms with E-state index in [9.17, 15) is 23.1 Å². The molecule has 1 saturated carbocycles. The molecular weight excluding hydrogens is 506 g/mol. The van der Waals surface area contributed by atoms with Crippen LogP contribution in [0.3, 0.4) is 0 Å². The van der Waals surface area contributed by atoms with Gasteiger partial charge in [-0.25, -0.2) is 4.98 Å². The Balaban J connectivity index is 1.51. The van der Waals surface area contributed by atoms with Gasteiger partial charge in [-0.2, -0.15) is 9.78 Å². The summed E-state index contributed by atoms with van der Waals surface area (Å²) in [6.07, 6.45) is -1.18. The number of halogens is 5. The molecule has 12 heteroatoms. The molecule has 2 N–H and O–H groups in total. The number of nitrogens with zero attached hydrogens (tertiary/aromatic N) is 4. The number of fused-ring (bicyclic) bond motifs is 1. The molecule has 1 amide bonds. The zero-order valence-electron chi connectivity index (χ0n) is 18.1. The van der Waals surface area contributed by atoms with Crippen molar-refractivity contribution in [3.05, 3.63) is 64.7 Å². The van der Waals surface area contributed by atoms with Crippen molar-refractivity contribution >= 4 is 34.8 Å². The average molecular weight is 524 g/mol. The van der Waals surface area contributed by atoms with Gasteiger partial charge in [0.1, 0.15) is 21.6 Å². The summed E-state index contributed by atoms with van der Waals surface area (Å²) in [5.74, 6) is -0.305. The first kappa shape index (κ1) is 23.7. The van der Waals surface area contributed by atoms with Crippen molar-refractivity contribution < 1.29 is 23.1 Å². The first-order valence-electron chi connectivity index (χ1n) is 10.6. The van der Waals surface area contributed by atoms with Crippen molar-refractivity contribution in [1.29, 1.82) is 0 Å². The largest absolute Gasteiger partial charge is 0.505 e. The van der Waals surface area contributed by atoms with Gasteiger partial charge in [-0.1, -0.05) is 47.5 Å². The Bertz CT molecular complexity index is 1450. The predicted octanol–water partition coefficient (Wildman–Crippen LogP) is 5.29. The lowest BCUT2D eigenvalue weighted by atomic mass is 9.77. The maximum Gasteiger partial charge on any atom is 0.505 e. The number of hydrogen-bond donors (Lipinski definition) is 2. The molecule has 35 heavy (non-hydrogen) atoms. The second-order valence-corrected chi connectivity index (χ2v) is 9.46. The molecule has 0 saturated heterocycles. The number of rotatable bonds is 4. The van der Waals surface area contributed by atoms with Crippen LogP contribution in [0.1, 0.15) is 30.1 Å². The summed E-state index contributed by atoms with van der Waals surface area (Å²) >= 11 is 12.6. The molecule has 0 aliphatic heterocycles. The molecule has 4 aromatic rings. The van der Waals surface area contributed by atoms with Gasteiger partial charge >= 0.3 is 6.30 Å². The van der Waals surface area contributed by atoms with E-state index < -0.39 is 17.1 Å². The molecule has 7 nitrogen and oxygen atoms in total. The minimum Gasteiger partial charge on any atom is -0.390 e.